The van der Waals surface area contributed by atoms with Crippen LogP contribution in [0, 0.1) is 0 Å². The number of aromatic nitrogens is 2. The summed E-state index contributed by atoms with van der Waals surface area (Å²) in [6, 6.07) is 0. The predicted octanol–water partition coefficient (Wildman–Crippen LogP) is 0.965. The molecule has 156 valence electrons. The van der Waals surface area contributed by atoms with Crippen molar-refractivity contribution in [2.45, 2.75) is 25.7 Å². The maximum atomic E-state index is 12.9. The van der Waals surface area contributed by atoms with Crippen LogP contribution >= 0.6 is 11.3 Å². The second-order valence-electron chi connectivity index (χ2n) is 6.06. The lowest BCUT2D eigenvalue weighted by molar-refractivity contribution is -0.138. The highest BCUT2D eigenvalue weighted by Crippen LogP contribution is 2.32. The fourth-order valence-electron chi connectivity index (χ4n) is 2.88. The number of nitrogens with zero attached hydrogens (tertiary/aromatic N) is 2. The first-order valence-corrected chi connectivity index (χ1v) is 9.04. The Kier molecular flexibility index (Phi) is 5.61. The second kappa shape index (κ2) is 7.83. The van der Waals surface area contributed by atoms with Crippen molar-refractivity contribution in [3.8, 4) is 5.75 Å². The minimum atomic E-state index is -4.63. The number of ether oxygens (including phenoxy) is 1. The van der Waals surface area contributed by atoms with Gasteiger partial charge in [-0.2, -0.15) is 13.2 Å². The van der Waals surface area contributed by atoms with Gasteiger partial charge in [0.15, 0.2) is 5.01 Å². The molecule has 2 aromatic heterocycles. The molecule has 9 nitrogen and oxygen atoms in total. The van der Waals surface area contributed by atoms with E-state index in [-0.39, 0.29) is 37.4 Å². The van der Waals surface area contributed by atoms with Crippen molar-refractivity contribution in [3.05, 3.63) is 43.3 Å². The number of carbonyl (C=O) groups excluding carboxylic acids is 1. The zero-order chi connectivity index (χ0) is 21.3. The zero-order valence-electron chi connectivity index (χ0n) is 14.6. The second-order valence-corrected chi connectivity index (χ2v) is 6.92. The zero-order valence-corrected chi connectivity index (χ0v) is 15.4. The molecule has 3 heterocycles. The Morgan fingerprint density at radius 1 is 1.38 bits per heavy atom. The van der Waals surface area contributed by atoms with Gasteiger partial charge in [0, 0.05) is 23.1 Å². The van der Waals surface area contributed by atoms with Crippen LogP contribution in [0.5, 0.6) is 5.75 Å². The van der Waals surface area contributed by atoms with Crippen LogP contribution in [0.25, 0.3) is 0 Å². The van der Waals surface area contributed by atoms with Gasteiger partial charge in [0.1, 0.15) is 17.9 Å². The number of alkyl halides is 3. The third-order valence-corrected chi connectivity index (χ3v) is 5.06. The van der Waals surface area contributed by atoms with Gasteiger partial charge in [0.05, 0.1) is 25.5 Å². The molecule has 0 atom stereocenters. The summed E-state index contributed by atoms with van der Waals surface area (Å²) in [4.78, 5) is 39.3. The number of carboxylic acid groups (broad SMARTS) is 1. The highest BCUT2D eigenvalue weighted by molar-refractivity contribution is 7.09. The van der Waals surface area contributed by atoms with Crippen LogP contribution in [0.2, 0.25) is 0 Å². The van der Waals surface area contributed by atoms with Crippen LogP contribution < -0.4 is 10.9 Å². The van der Waals surface area contributed by atoms with Gasteiger partial charge in [-0.25, -0.2) is 4.98 Å². The molecule has 1 aliphatic heterocycles. The number of fused-ring (bicyclic) bond motifs is 1. The van der Waals surface area contributed by atoms with Crippen LogP contribution in [-0.2, 0) is 35.3 Å². The molecule has 0 aliphatic carbocycles. The van der Waals surface area contributed by atoms with E-state index in [4.69, 9.17) is 9.84 Å². The average molecular weight is 433 g/mol. The number of thiazole rings is 1. The summed E-state index contributed by atoms with van der Waals surface area (Å²) < 4.78 is 44.7. The van der Waals surface area contributed by atoms with Crippen LogP contribution in [-0.4, -0.2) is 44.8 Å². The number of hydrogen-bond donors (Lipinski definition) is 3. The van der Waals surface area contributed by atoms with E-state index in [0.29, 0.717) is 17.0 Å². The smallest absolute Gasteiger partial charge is 0.443 e. The molecule has 3 rings (SSSR count). The number of aliphatic carboxylic acids is 1. The fourth-order valence-corrected chi connectivity index (χ4v) is 3.56. The first-order chi connectivity index (χ1) is 13.6. The molecule has 0 fully saturated rings. The number of nitrogens with one attached hydrogen (secondary N) is 1. The fraction of sp³-hybridized carbons (Fsp3) is 0.375. The van der Waals surface area contributed by atoms with E-state index >= 15 is 0 Å². The maximum absolute atomic E-state index is 12.9. The molecular weight excluding hydrogens is 419 g/mol. The lowest BCUT2D eigenvalue weighted by Crippen LogP contribution is -2.38. The van der Waals surface area contributed by atoms with E-state index in [9.17, 15) is 32.7 Å². The normalized spacial score (nSPS) is 13.8. The van der Waals surface area contributed by atoms with Gasteiger partial charge >= 0.3 is 12.1 Å². The third-order valence-electron chi connectivity index (χ3n) is 4.13. The molecule has 0 unspecified atom stereocenters. The molecule has 2 aromatic rings. The van der Waals surface area contributed by atoms with Crippen LogP contribution in [0.15, 0.2) is 10.2 Å². The minimum absolute atomic E-state index is 0.0410. The molecule has 0 saturated heterocycles. The summed E-state index contributed by atoms with van der Waals surface area (Å²) in [5.41, 5.74) is -1.26. The van der Waals surface area contributed by atoms with Crippen molar-refractivity contribution in [1.29, 1.82) is 0 Å². The Morgan fingerprint density at radius 2 is 2.10 bits per heavy atom. The minimum Gasteiger partial charge on any atom is -0.506 e. The van der Waals surface area contributed by atoms with Crippen LogP contribution in [0.4, 0.5) is 13.2 Å². The van der Waals surface area contributed by atoms with Crippen LogP contribution in [0.3, 0.4) is 0 Å². The van der Waals surface area contributed by atoms with Crippen molar-refractivity contribution in [1.82, 2.24) is 14.9 Å². The molecule has 0 aromatic carbocycles. The summed E-state index contributed by atoms with van der Waals surface area (Å²) in [6.07, 6.45) is -4.44. The molecule has 0 radical (unpaired) electrons. The highest BCUT2D eigenvalue weighted by Gasteiger charge is 2.35. The number of pyridine rings is 1. The van der Waals surface area contributed by atoms with Crippen molar-refractivity contribution in [2.24, 2.45) is 0 Å². The molecule has 0 spiro atoms. The third kappa shape index (κ3) is 4.24. The highest BCUT2D eigenvalue weighted by atomic mass is 32.1. The standard InChI is InChI=1S/C16H14F3N3O6S/c17-16(18,19)15-21-7(6-29-15)4-22-9-1-2-28-5-8(9)12(25)11(14(22)27)13(26)20-3-10(23)24/h6,25H,1-5H2,(H,20,26)(H,23,24). The summed E-state index contributed by atoms with van der Waals surface area (Å²) in [5.74, 6) is -3.12. The van der Waals surface area contributed by atoms with E-state index in [2.05, 4.69) is 4.98 Å². The number of carboxylic acids is 1. The van der Waals surface area contributed by atoms with E-state index in [1.165, 1.54) is 0 Å². The summed E-state index contributed by atoms with van der Waals surface area (Å²) in [6.45, 7) is -1.05. The molecule has 1 amide bonds. The number of carbonyl (C=O) groups is 2. The monoisotopic (exact) mass is 433 g/mol. The van der Waals surface area contributed by atoms with Crippen molar-refractivity contribution in [3.63, 3.8) is 0 Å². The van der Waals surface area contributed by atoms with E-state index in [0.717, 1.165) is 9.95 Å². The summed E-state index contributed by atoms with van der Waals surface area (Å²) in [5, 5.41) is 21.1. The first-order valence-electron chi connectivity index (χ1n) is 8.16. The Labute approximate surface area is 164 Å². The topological polar surface area (TPSA) is 131 Å². The van der Waals surface area contributed by atoms with E-state index < -0.39 is 46.5 Å². The van der Waals surface area contributed by atoms with Gasteiger partial charge in [-0.1, -0.05) is 0 Å². The molecule has 0 saturated carbocycles. The summed E-state index contributed by atoms with van der Waals surface area (Å²) >= 11 is 0.374. The average Bonchev–Trinajstić information content (AvgIpc) is 3.13. The van der Waals surface area contributed by atoms with Crippen molar-refractivity contribution >= 4 is 23.2 Å². The van der Waals surface area contributed by atoms with E-state index in [1.54, 1.807) is 0 Å². The predicted molar refractivity (Wildman–Crippen MR) is 91.9 cm³/mol. The van der Waals surface area contributed by atoms with Gasteiger partial charge in [-0.05, 0) is 0 Å². The lowest BCUT2D eigenvalue weighted by Gasteiger charge is -2.23. The SMILES string of the molecule is O=C(O)CNC(=O)c1c(O)c2c(n(Cc3csc(C(F)(F)F)n3)c1=O)CCOC2. The van der Waals surface area contributed by atoms with Gasteiger partial charge in [0.2, 0.25) is 0 Å². The molecule has 3 N–H and O–H groups in total. The summed E-state index contributed by atoms with van der Waals surface area (Å²) in [7, 11) is 0. The van der Waals surface area contributed by atoms with Gasteiger partial charge in [-0.3, -0.25) is 14.4 Å². The van der Waals surface area contributed by atoms with Gasteiger partial charge in [0.25, 0.3) is 11.5 Å². The Balaban J connectivity index is 2.07. The maximum Gasteiger partial charge on any atom is 0.443 e. The number of halogens is 3. The van der Waals surface area contributed by atoms with Gasteiger partial charge in [-0.15, -0.1) is 11.3 Å². The Hall–Kier alpha value is -2.93. The lowest BCUT2D eigenvalue weighted by atomic mass is 10.0. The van der Waals surface area contributed by atoms with E-state index in [1.807, 2.05) is 5.32 Å². The Bertz CT molecular complexity index is 1030. The molecule has 1 aliphatic rings. The number of hydrogen-bond acceptors (Lipinski definition) is 7. The van der Waals surface area contributed by atoms with Gasteiger partial charge < -0.3 is 24.8 Å². The van der Waals surface area contributed by atoms with Crippen LogP contribution in [0.1, 0.15) is 32.3 Å². The molecular formula is C16H14F3N3O6S. The number of rotatable bonds is 5. The van der Waals surface area contributed by atoms with Crippen molar-refractivity contribution in [2.75, 3.05) is 13.2 Å². The quantitative estimate of drug-likeness (QED) is 0.640. The Morgan fingerprint density at radius 3 is 2.72 bits per heavy atom. The molecule has 0 bridgehead atoms. The largest absolute Gasteiger partial charge is 0.506 e. The van der Waals surface area contributed by atoms with Crippen molar-refractivity contribution < 1.29 is 37.7 Å². The molecule has 13 heteroatoms. The first kappa shape index (κ1) is 20.8. The molecule has 29 heavy (non-hydrogen) atoms. The number of aromatic hydroxyl groups is 1. The number of amides is 1.